The summed E-state index contributed by atoms with van der Waals surface area (Å²) in [4.78, 5) is 25.8. The Morgan fingerprint density at radius 2 is 1.75 bits per heavy atom. The number of nitriles is 1. The standard InChI is InChI=1S/C19H17N3O2/c20-12-15-8-4-5-9-16(15)13-22-18(23)17(21-19(22)24)11-10-14-6-2-1-3-7-14/h1-9,17H,10-11,13H2,(H,21,24). The average molecular weight is 319 g/mol. The third kappa shape index (κ3) is 3.28. The summed E-state index contributed by atoms with van der Waals surface area (Å²) in [6, 6.07) is 18.0. The first-order valence-electron chi connectivity index (χ1n) is 7.83. The van der Waals surface area contributed by atoms with Crippen molar-refractivity contribution < 1.29 is 9.59 Å². The highest BCUT2D eigenvalue weighted by Crippen LogP contribution is 2.17. The fraction of sp³-hybridized carbons (Fsp3) is 0.211. The number of carbonyl (C=O) groups excluding carboxylic acids is 2. The number of hydrogen-bond acceptors (Lipinski definition) is 3. The third-order valence-electron chi connectivity index (χ3n) is 4.14. The summed E-state index contributed by atoms with van der Waals surface area (Å²) in [6.45, 7) is 0.121. The molecule has 3 amide bonds. The highest BCUT2D eigenvalue weighted by atomic mass is 16.2. The van der Waals surface area contributed by atoms with Crippen LogP contribution >= 0.6 is 0 Å². The Morgan fingerprint density at radius 1 is 1.04 bits per heavy atom. The molecular formula is C19H17N3O2. The largest absolute Gasteiger partial charge is 0.326 e. The van der Waals surface area contributed by atoms with Crippen LogP contribution in [-0.4, -0.2) is 22.9 Å². The molecular weight excluding hydrogens is 302 g/mol. The number of benzene rings is 2. The lowest BCUT2D eigenvalue weighted by Gasteiger charge is -2.14. The van der Waals surface area contributed by atoms with Gasteiger partial charge in [-0.05, 0) is 30.0 Å². The van der Waals surface area contributed by atoms with Gasteiger partial charge in [-0.1, -0.05) is 48.5 Å². The van der Waals surface area contributed by atoms with Crippen LogP contribution in [0.1, 0.15) is 23.1 Å². The molecule has 1 aliphatic heterocycles. The highest BCUT2D eigenvalue weighted by Gasteiger charge is 2.37. The van der Waals surface area contributed by atoms with Crippen LogP contribution < -0.4 is 5.32 Å². The summed E-state index contributed by atoms with van der Waals surface area (Å²) >= 11 is 0. The molecule has 120 valence electrons. The summed E-state index contributed by atoms with van der Waals surface area (Å²) in [7, 11) is 0. The van der Waals surface area contributed by atoms with Crippen molar-refractivity contribution in [3.05, 3.63) is 71.3 Å². The van der Waals surface area contributed by atoms with Gasteiger partial charge in [-0.15, -0.1) is 0 Å². The number of aryl methyl sites for hydroxylation is 1. The van der Waals surface area contributed by atoms with Crippen LogP contribution in [0.4, 0.5) is 4.79 Å². The van der Waals surface area contributed by atoms with E-state index < -0.39 is 12.1 Å². The van der Waals surface area contributed by atoms with Crippen LogP contribution in [0.3, 0.4) is 0 Å². The minimum Gasteiger partial charge on any atom is -0.326 e. The van der Waals surface area contributed by atoms with Gasteiger partial charge in [0.05, 0.1) is 18.2 Å². The van der Waals surface area contributed by atoms with Gasteiger partial charge >= 0.3 is 6.03 Å². The van der Waals surface area contributed by atoms with Gasteiger partial charge in [0.25, 0.3) is 5.91 Å². The first-order chi connectivity index (χ1) is 11.7. The minimum absolute atomic E-state index is 0.121. The van der Waals surface area contributed by atoms with Crippen LogP contribution in [0.5, 0.6) is 0 Å². The van der Waals surface area contributed by atoms with Gasteiger partial charge in [-0.2, -0.15) is 5.26 Å². The van der Waals surface area contributed by atoms with Gasteiger partial charge < -0.3 is 5.32 Å². The van der Waals surface area contributed by atoms with E-state index in [0.29, 0.717) is 17.5 Å². The van der Waals surface area contributed by atoms with Crippen molar-refractivity contribution in [1.82, 2.24) is 10.2 Å². The number of rotatable bonds is 5. The number of carbonyl (C=O) groups is 2. The molecule has 2 aromatic rings. The fourth-order valence-corrected chi connectivity index (χ4v) is 2.82. The quantitative estimate of drug-likeness (QED) is 0.861. The van der Waals surface area contributed by atoms with Gasteiger partial charge in [0.1, 0.15) is 6.04 Å². The molecule has 1 heterocycles. The lowest BCUT2D eigenvalue weighted by Crippen LogP contribution is -2.31. The van der Waals surface area contributed by atoms with Crippen molar-refractivity contribution in [2.75, 3.05) is 0 Å². The van der Waals surface area contributed by atoms with E-state index in [1.165, 1.54) is 4.90 Å². The topological polar surface area (TPSA) is 73.2 Å². The molecule has 1 fully saturated rings. The van der Waals surface area contributed by atoms with E-state index in [1.54, 1.807) is 24.3 Å². The molecule has 1 unspecified atom stereocenters. The van der Waals surface area contributed by atoms with Gasteiger partial charge in [-0.25, -0.2) is 4.79 Å². The molecule has 2 aromatic carbocycles. The number of urea groups is 1. The molecule has 1 aliphatic rings. The number of amides is 3. The van der Waals surface area contributed by atoms with Crippen molar-refractivity contribution in [1.29, 1.82) is 5.26 Å². The maximum Gasteiger partial charge on any atom is 0.325 e. The zero-order valence-corrected chi connectivity index (χ0v) is 13.1. The maximum atomic E-state index is 12.5. The van der Waals surface area contributed by atoms with Crippen molar-refractivity contribution >= 4 is 11.9 Å². The monoisotopic (exact) mass is 319 g/mol. The highest BCUT2D eigenvalue weighted by molar-refractivity contribution is 6.04. The number of nitrogens with one attached hydrogen (secondary N) is 1. The summed E-state index contributed by atoms with van der Waals surface area (Å²) in [5, 5.41) is 11.9. The molecule has 24 heavy (non-hydrogen) atoms. The molecule has 5 heteroatoms. The maximum absolute atomic E-state index is 12.5. The Kier molecular flexibility index (Phi) is 4.57. The molecule has 0 saturated carbocycles. The second-order valence-corrected chi connectivity index (χ2v) is 5.72. The van der Waals surface area contributed by atoms with Crippen LogP contribution in [0.25, 0.3) is 0 Å². The van der Waals surface area contributed by atoms with Gasteiger partial charge in [-0.3, -0.25) is 9.69 Å². The normalized spacial score (nSPS) is 16.8. The van der Waals surface area contributed by atoms with Crippen molar-refractivity contribution in [3.8, 4) is 6.07 Å². The van der Waals surface area contributed by atoms with Crippen molar-refractivity contribution in [2.45, 2.75) is 25.4 Å². The zero-order valence-electron chi connectivity index (χ0n) is 13.1. The lowest BCUT2D eigenvalue weighted by molar-refractivity contribution is -0.128. The van der Waals surface area contributed by atoms with Crippen molar-refractivity contribution in [3.63, 3.8) is 0 Å². The van der Waals surface area contributed by atoms with Crippen LogP contribution in [-0.2, 0) is 17.8 Å². The summed E-state index contributed by atoms with van der Waals surface area (Å²) in [5.41, 5.74) is 2.28. The Bertz CT molecular complexity index is 796. The molecule has 3 rings (SSSR count). The van der Waals surface area contributed by atoms with Gasteiger partial charge in [0, 0.05) is 0 Å². The first kappa shape index (κ1) is 15.8. The smallest absolute Gasteiger partial charge is 0.325 e. The molecule has 0 radical (unpaired) electrons. The van der Waals surface area contributed by atoms with E-state index in [0.717, 1.165) is 12.0 Å². The SMILES string of the molecule is N#Cc1ccccc1CN1C(=O)NC(CCc2ccccc2)C1=O. The van der Waals surface area contributed by atoms with E-state index in [9.17, 15) is 9.59 Å². The molecule has 1 saturated heterocycles. The van der Waals surface area contributed by atoms with E-state index in [1.807, 2.05) is 30.3 Å². The van der Waals surface area contributed by atoms with Gasteiger partial charge in [0.2, 0.25) is 0 Å². The Hall–Kier alpha value is -3.13. The average Bonchev–Trinajstić information content (AvgIpc) is 2.89. The molecule has 1 N–H and O–H groups in total. The molecule has 0 aromatic heterocycles. The van der Waals surface area contributed by atoms with Gasteiger partial charge in [0.15, 0.2) is 0 Å². The Labute approximate surface area is 140 Å². The van der Waals surface area contributed by atoms with Crippen molar-refractivity contribution in [2.24, 2.45) is 0 Å². The molecule has 0 spiro atoms. The summed E-state index contributed by atoms with van der Waals surface area (Å²) in [5.74, 6) is -0.233. The summed E-state index contributed by atoms with van der Waals surface area (Å²) in [6.07, 6.45) is 1.28. The molecule has 0 bridgehead atoms. The van der Waals surface area contributed by atoms with Crippen LogP contribution in [0, 0.1) is 11.3 Å². The molecule has 0 aliphatic carbocycles. The second-order valence-electron chi connectivity index (χ2n) is 5.72. The van der Waals surface area contributed by atoms with Crippen LogP contribution in [0.15, 0.2) is 54.6 Å². The predicted octanol–water partition coefficient (Wildman–Crippen LogP) is 2.61. The molecule has 1 atom stereocenters. The fourth-order valence-electron chi connectivity index (χ4n) is 2.82. The predicted molar refractivity (Wildman–Crippen MR) is 88.8 cm³/mol. The first-order valence-corrected chi connectivity index (χ1v) is 7.83. The number of hydrogen-bond donors (Lipinski definition) is 1. The Morgan fingerprint density at radius 3 is 2.50 bits per heavy atom. The lowest BCUT2D eigenvalue weighted by atomic mass is 10.0. The van der Waals surface area contributed by atoms with Crippen LogP contribution in [0.2, 0.25) is 0 Å². The second kappa shape index (κ2) is 6.97. The number of imide groups is 1. The van der Waals surface area contributed by atoms with E-state index >= 15 is 0 Å². The third-order valence-corrected chi connectivity index (χ3v) is 4.14. The molecule has 5 nitrogen and oxygen atoms in total. The van der Waals surface area contributed by atoms with E-state index in [2.05, 4.69) is 11.4 Å². The van der Waals surface area contributed by atoms with E-state index in [4.69, 9.17) is 5.26 Å². The van der Waals surface area contributed by atoms with E-state index in [-0.39, 0.29) is 12.5 Å². The Balaban J connectivity index is 1.67. The zero-order chi connectivity index (χ0) is 16.9. The summed E-state index contributed by atoms with van der Waals surface area (Å²) < 4.78 is 0. The number of nitrogens with zero attached hydrogens (tertiary/aromatic N) is 2. The minimum atomic E-state index is -0.507.